The fourth-order valence-corrected chi connectivity index (χ4v) is 1.82. The quantitative estimate of drug-likeness (QED) is 0.921. The van der Waals surface area contributed by atoms with Gasteiger partial charge in [0.1, 0.15) is 5.82 Å². The van der Waals surface area contributed by atoms with Crippen molar-refractivity contribution in [3.63, 3.8) is 0 Å². The Labute approximate surface area is 110 Å². The Morgan fingerprint density at radius 2 is 2.16 bits per heavy atom. The number of halogens is 1. The SMILES string of the molecule is CC(C)n1ccc(-c2cc(CC(=O)O)ccc2F)n1. The first-order valence-electron chi connectivity index (χ1n) is 6.03. The highest BCUT2D eigenvalue weighted by Gasteiger charge is 2.11. The average Bonchev–Trinajstić information content (AvgIpc) is 2.80. The number of aliphatic carboxylic acids is 1. The number of hydrogen-bond donors (Lipinski definition) is 1. The van der Waals surface area contributed by atoms with Crippen LogP contribution in [0.25, 0.3) is 11.3 Å². The number of carboxylic acid groups (broad SMARTS) is 1. The normalized spacial score (nSPS) is 10.9. The Morgan fingerprint density at radius 1 is 1.42 bits per heavy atom. The minimum absolute atomic E-state index is 0.127. The molecule has 2 rings (SSSR count). The molecule has 0 aliphatic rings. The van der Waals surface area contributed by atoms with Crippen LogP contribution in [-0.2, 0) is 11.2 Å². The van der Waals surface area contributed by atoms with E-state index in [0.717, 1.165) is 0 Å². The van der Waals surface area contributed by atoms with Crippen molar-refractivity contribution in [3.05, 3.63) is 41.8 Å². The lowest BCUT2D eigenvalue weighted by atomic mass is 10.1. The van der Waals surface area contributed by atoms with Crippen LogP contribution in [0.4, 0.5) is 4.39 Å². The largest absolute Gasteiger partial charge is 0.481 e. The Bertz CT molecular complexity index is 605. The zero-order valence-electron chi connectivity index (χ0n) is 10.8. The first kappa shape index (κ1) is 13.3. The molecule has 0 aliphatic carbocycles. The number of nitrogens with zero attached hydrogens (tertiary/aromatic N) is 2. The molecular weight excluding hydrogens is 247 g/mol. The summed E-state index contributed by atoms with van der Waals surface area (Å²) in [7, 11) is 0. The fraction of sp³-hybridized carbons (Fsp3) is 0.286. The number of carbonyl (C=O) groups is 1. The van der Waals surface area contributed by atoms with Gasteiger partial charge in [0.05, 0.1) is 12.1 Å². The second kappa shape index (κ2) is 5.22. The van der Waals surface area contributed by atoms with Crippen LogP contribution in [0.1, 0.15) is 25.5 Å². The zero-order chi connectivity index (χ0) is 14.0. The maximum Gasteiger partial charge on any atom is 0.307 e. The van der Waals surface area contributed by atoms with Crippen molar-refractivity contribution >= 4 is 5.97 Å². The minimum atomic E-state index is -0.940. The number of carboxylic acids is 1. The van der Waals surface area contributed by atoms with Crippen LogP contribution in [0.15, 0.2) is 30.5 Å². The van der Waals surface area contributed by atoms with E-state index in [1.54, 1.807) is 16.9 Å². The van der Waals surface area contributed by atoms with E-state index in [0.29, 0.717) is 16.8 Å². The van der Waals surface area contributed by atoms with E-state index < -0.39 is 11.8 Å². The van der Waals surface area contributed by atoms with Gasteiger partial charge in [0.15, 0.2) is 0 Å². The Morgan fingerprint density at radius 3 is 2.74 bits per heavy atom. The number of rotatable bonds is 4. The molecule has 4 nitrogen and oxygen atoms in total. The molecule has 0 radical (unpaired) electrons. The molecule has 1 heterocycles. The summed E-state index contributed by atoms with van der Waals surface area (Å²) in [4.78, 5) is 10.7. The van der Waals surface area contributed by atoms with Crippen LogP contribution in [-0.4, -0.2) is 20.9 Å². The molecule has 0 saturated heterocycles. The average molecular weight is 262 g/mol. The second-order valence-corrected chi connectivity index (χ2v) is 4.66. The summed E-state index contributed by atoms with van der Waals surface area (Å²) in [6.07, 6.45) is 1.65. The standard InChI is InChI=1S/C14H15FN2O2/c1-9(2)17-6-5-13(16-17)11-7-10(8-14(18)19)3-4-12(11)15/h3-7,9H,8H2,1-2H3,(H,18,19). The van der Waals surface area contributed by atoms with Crippen LogP contribution >= 0.6 is 0 Å². The molecule has 100 valence electrons. The Hall–Kier alpha value is -2.17. The molecular formula is C14H15FN2O2. The predicted octanol–water partition coefficient (Wildman–Crippen LogP) is 2.90. The van der Waals surface area contributed by atoms with Crippen molar-refractivity contribution < 1.29 is 14.3 Å². The smallest absolute Gasteiger partial charge is 0.307 e. The van der Waals surface area contributed by atoms with Crippen molar-refractivity contribution in [2.45, 2.75) is 26.3 Å². The second-order valence-electron chi connectivity index (χ2n) is 4.66. The summed E-state index contributed by atoms with van der Waals surface area (Å²) in [5.41, 5.74) is 1.40. The molecule has 0 saturated carbocycles. The molecule has 2 aromatic rings. The van der Waals surface area contributed by atoms with E-state index in [2.05, 4.69) is 5.10 Å². The van der Waals surface area contributed by atoms with Crippen LogP contribution in [0, 0.1) is 5.82 Å². The Balaban J connectivity index is 2.39. The third-order valence-electron chi connectivity index (χ3n) is 2.80. The summed E-state index contributed by atoms with van der Waals surface area (Å²) in [6.45, 7) is 3.96. The molecule has 0 aliphatic heterocycles. The van der Waals surface area contributed by atoms with Crippen molar-refractivity contribution in [3.8, 4) is 11.3 Å². The van der Waals surface area contributed by atoms with Crippen molar-refractivity contribution in [2.24, 2.45) is 0 Å². The molecule has 5 heteroatoms. The monoisotopic (exact) mass is 262 g/mol. The van der Waals surface area contributed by atoms with Gasteiger partial charge < -0.3 is 5.11 Å². The molecule has 0 spiro atoms. The minimum Gasteiger partial charge on any atom is -0.481 e. The van der Waals surface area contributed by atoms with Crippen LogP contribution in [0.2, 0.25) is 0 Å². The Kier molecular flexibility index (Phi) is 3.64. The van der Waals surface area contributed by atoms with E-state index in [9.17, 15) is 9.18 Å². The van der Waals surface area contributed by atoms with Gasteiger partial charge in [-0.3, -0.25) is 9.48 Å². The molecule has 1 aromatic carbocycles. The number of hydrogen-bond acceptors (Lipinski definition) is 2. The molecule has 1 N–H and O–H groups in total. The maximum absolute atomic E-state index is 13.8. The topological polar surface area (TPSA) is 55.1 Å². The molecule has 0 atom stereocenters. The predicted molar refractivity (Wildman–Crippen MR) is 69.3 cm³/mol. The molecule has 0 fully saturated rings. The van der Waals surface area contributed by atoms with Crippen LogP contribution < -0.4 is 0 Å². The lowest BCUT2D eigenvalue weighted by molar-refractivity contribution is -0.136. The summed E-state index contributed by atoms with van der Waals surface area (Å²) < 4.78 is 15.5. The molecule has 0 amide bonds. The van der Waals surface area contributed by atoms with Crippen molar-refractivity contribution in [1.82, 2.24) is 9.78 Å². The first-order chi connectivity index (χ1) is 8.97. The van der Waals surface area contributed by atoms with Gasteiger partial charge in [-0.1, -0.05) is 6.07 Å². The van der Waals surface area contributed by atoms with E-state index >= 15 is 0 Å². The third kappa shape index (κ3) is 2.99. The molecule has 0 bridgehead atoms. The van der Waals surface area contributed by atoms with Crippen molar-refractivity contribution in [2.75, 3.05) is 0 Å². The van der Waals surface area contributed by atoms with E-state index in [1.165, 1.54) is 18.2 Å². The lowest BCUT2D eigenvalue weighted by Gasteiger charge is -2.05. The molecule has 1 aromatic heterocycles. The van der Waals surface area contributed by atoms with Crippen molar-refractivity contribution in [1.29, 1.82) is 0 Å². The van der Waals surface area contributed by atoms with Gasteiger partial charge in [0, 0.05) is 17.8 Å². The van der Waals surface area contributed by atoms with Gasteiger partial charge in [0.2, 0.25) is 0 Å². The fourth-order valence-electron chi connectivity index (χ4n) is 1.82. The van der Waals surface area contributed by atoms with Crippen LogP contribution in [0.3, 0.4) is 0 Å². The van der Waals surface area contributed by atoms with Gasteiger partial charge in [-0.2, -0.15) is 5.10 Å². The highest BCUT2D eigenvalue weighted by atomic mass is 19.1. The van der Waals surface area contributed by atoms with E-state index in [1.807, 2.05) is 13.8 Å². The lowest BCUT2D eigenvalue weighted by Crippen LogP contribution is -2.02. The summed E-state index contributed by atoms with van der Waals surface area (Å²) in [5.74, 6) is -1.34. The van der Waals surface area contributed by atoms with Gasteiger partial charge in [-0.15, -0.1) is 0 Å². The number of aromatic nitrogens is 2. The van der Waals surface area contributed by atoms with Gasteiger partial charge in [0.25, 0.3) is 0 Å². The van der Waals surface area contributed by atoms with Gasteiger partial charge >= 0.3 is 5.97 Å². The van der Waals surface area contributed by atoms with Crippen LogP contribution in [0.5, 0.6) is 0 Å². The highest BCUT2D eigenvalue weighted by molar-refractivity contribution is 5.71. The third-order valence-corrected chi connectivity index (χ3v) is 2.80. The summed E-state index contributed by atoms with van der Waals surface area (Å²) >= 11 is 0. The summed E-state index contributed by atoms with van der Waals surface area (Å²) in [5, 5.41) is 13.1. The first-order valence-corrected chi connectivity index (χ1v) is 6.03. The van der Waals surface area contributed by atoms with E-state index in [4.69, 9.17) is 5.11 Å². The maximum atomic E-state index is 13.8. The summed E-state index contributed by atoms with van der Waals surface area (Å²) in [6, 6.07) is 6.22. The zero-order valence-corrected chi connectivity index (χ0v) is 10.8. The van der Waals surface area contributed by atoms with Gasteiger partial charge in [-0.05, 0) is 37.6 Å². The highest BCUT2D eigenvalue weighted by Crippen LogP contribution is 2.23. The molecule has 0 unspecified atom stereocenters. The molecule has 19 heavy (non-hydrogen) atoms. The van der Waals surface area contributed by atoms with E-state index in [-0.39, 0.29) is 12.5 Å². The van der Waals surface area contributed by atoms with Gasteiger partial charge in [-0.25, -0.2) is 4.39 Å². The number of benzene rings is 1.